The lowest BCUT2D eigenvalue weighted by molar-refractivity contribution is -0.147. The third-order valence-electron chi connectivity index (χ3n) is 4.02. The van der Waals surface area contributed by atoms with Crippen LogP contribution >= 0.6 is 15.9 Å². The van der Waals surface area contributed by atoms with Crippen LogP contribution in [0.5, 0.6) is 5.75 Å². The number of carbonyl (C=O) groups is 3. The van der Waals surface area contributed by atoms with Crippen LogP contribution in [0.2, 0.25) is 0 Å². The molecule has 0 aliphatic carbocycles. The van der Waals surface area contributed by atoms with E-state index in [1.165, 1.54) is 0 Å². The number of methoxy groups -OCH3 is 1. The molecule has 0 atom stereocenters. The number of rotatable bonds is 9. The van der Waals surface area contributed by atoms with Crippen molar-refractivity contribution < 1.29 is 23.9 Å². The zero-order valence-corrected chi connectivity index (χ0v) is 17.9. The van der Waals surface area contributed by atoms with Crippen LogP contribution < -0.4 is 15.4 Å². The molecular formula is C21H23BrN2O5. The minimum atomic E-state index is -0.614. The Labute approximate surface area is 177 Å². The quantitative estimate of drug-likeness (QED) is 0.550. The van der Waals surface area contributed by atoms with Crippen molar-refractivity contribution in [3.63, 3.8) is 0 Å². The number of hydrogen-bond donors (Lipinski definition) is 2. The van der Waals surface area contributed by atoms with E-state index in [0.29, 0.717) is 17.1 Å². The Bertz CT molecular complexity index is 868. The van der Waals surface area contributed by atoms with Gasteiger partial charge in [-0.05, 0) is 54.4 Å². The lowest BCUT2D eigenvalue weighted by Crippen LogP contribution is -2.22. The van der Waals surface area contributed by atoms with Crippen LogP contribution in [-0.4, -0.2) is 31.5 Å². The molecule has 0 saturated carbocycles. The SMILES string of the molecule is CCc1cc(Br)ccc1NC(=O)COC(=O)CCC(=O)Nc1ccc(OC)cc1. The van der Waals surface area contributed by atoms with Crippen LogP contribution in [0.1, 0.15) is 25.3 Å². The largest absolute Gasteiger partial charge is 0.497 e. The summed E-state index contributed by atoms with van der Waals surface area (Å²) in [7, 11) is 1.56. The molecule has 0 bridgehead atoms. The van der Waals surface area contributed by atoms with E-state index in [4.69, 9.17) is 9.47 Å². The van der Waals surface area contributed by atoms with Crippen molar-refractivity contribution >= 4 is 45.1 Å². The van der Waals surface area contributed by atoms with Gasteiger partial charge in [0.1, 0.15) is 5.75 Å². The summed E-state index contributed by atoms with van der Waals surface area (Å²) in [6.45, 7) is 1.58. The first kappa shape index (κ1) is 22.4. The molecule has 29 heavy (non-hydrogen) atoms. The molecule has 0 unspecified atom stereocenters. The Morgan fingerprint density at radius 3 is 2.34 bits per heavy atom. The van der Waals surface area contributed by atoms with E-state index in [-0.39, 0.29) is 18.7 Å². The van der Waals surface area contributed by atoms with Gasteiger partial charge in [-0.15, -0.1) is 0 Å². The molecule has 154 valence electrons. The summed E-state index contributed by atoms with van der Waals surface area (Å²) in [5.41, 5.74) is 2.25. The number of nitrogens with one attached hydrogen (secondary N) is 2. The van der Waals surface area contributed by atoms with Gasteiger partial charge in [-0.25, -0.2) is 0 Å². The third kappa shape index (κ3) is 7.57. The summed E-state index contributed by atoms with van der Waals surface area (Å²) in [4.78, 5) is 35.7. The molecule has 2 rings (SSSR count). The number of carbonyl (C=O) groups excluding carboxylic acids is 3. The second-order valence-electron chi connectivity index (χ2n) is 6.14. The molecule has 2 N–H and O–H groups in total. The summed E-state index contributed by atoms with van der Waals surface area (Å²) >= 11 is 3.39. The molecule has 0 aliphatic heterocycles. The van der Waals surface area contributed by atoms with Crippen LogP contribution in [0.4, 0.5) is 11.4 Å². The van der Waals surface area contributed by atoms with Crippen LogP contribution in [0.3, 0.4) is 0 Å². The number of esters is 1. The fraction of sp³-hybridized carbons (Fsp3) is 0.286. The first-order valence-electron chi connectivity index (χ1n) is 9.09. The Balaban J connectivity index is 1.72. The highest BCUT2D eigenvalue weighted by molar-refractivity contribution is 9.10. The molecule has 0 spiro atoms. The molecule has 2 amide bonds. The number of anilines is 2. The molecule has 2 aromatic rings. The predicted octanol–water partition coefficient (Wildman–Crippen LogP) is 3.92. The zero-order chi connectivity index (χ0) is 21.2. The Morgan fingerprint density at radius 2 is 1.69 bits per heavy atom. The lowest BCUT2D eigenvalue weighted by Gasteiger charge is -2.11. The van der Waals surface area contributed by atoms with Gasteiger partial charge < -0.3 is 20.1 Å². The molecule has 0 saturated heterocycles. The van der Waals surface area contributed by atoms with E-state index in [9.17, 15) is 14.4 Å². The average Bonchev–Trinajstić information content (AvgIpc) is 2.72. The zero-order valence-electron chi connectivity index (χ0n) is 16.3. The first-order valence-corrected chi connectivity index (χ1v) is 9.88. The average molecular weight is 463 g/mol. The Morgan fingerprint density at radius 1 is 0.966 bits per heavy atom. The van der Waals surface area contributed by atoms with Crippen LogP contribution in [0, 0.1) is 0 Å². The number of halogens is 1. The van der Waals surface area contributed by atoms with Gasteiger partial charge in [0.2, 0.25) is 5.91 Å². The van der Waals surface area contributed by atoms with Gasteiger partial charge in [0, 0.05) is 22.3 Å². The van der Waals surface area contributed by atoms with Crippen molar-refractivity contribution in [2.45, 2.75) is 26.2 Å². The first-order chi connectivity index (χ1) is 13.9. The van der Waals surface area contributed by atoms with Gasteiger partial charge >= 0.3 is 5.97 Å². The van der Waals surface area contributed by atoms with Crippen molar-refractivity contribution in [2.75, 3.05) is 24.4 Å². The second-order valence-corrected chi connectivity index (χ2v) is 7.06. The molecule has 0 radical (unpaired) electrons. The number of aryl methyl sites for hydroxylation is 1. The van der Waals surface area contributed by atoms with Crippen molar-refractivity contribution in [3.05, 3.63) is 52.5 Å². The maximum Gasteiger partial charge on any atom is 0.306 e. The van der Waals surface area contributed by atoms with Gasteiger partial charge in [0.25, 0.3) is 5.91 Å². The minimum absolute atomic E-state index is 0.0425. The second kappa shape index (κ2) is 11.2. The number of hydrogen-bond acceptors (Lipinski definition) is 5. The molecule has 0 aromatic heterocycles. The van der Waals surface area contributed by atoms with Crippen LogP contribution in [0.15, 0.2) is 46.9 Å². The third-order valence-corrected chi connectivity index (χ3v) is 4.51. The molecule has 0 aliphatic rings. The van der Waals surface area contributed by atoms with Gasteiger partial charge in [0.15, 0.2) is 6.61 Å². The van der Waals surface area contributed by atoms with Crippen LogP contribution in [-0.2, 0) is 25.5 Å². The van der Waals surface area contributed by atoms with Gasteiger partial charge in [-0.2, -0.15) is 0 Å². The maximum absolute atomic E-state index is 12.0. The van der Waals surface area contributed by atoms with Crippen molar-refractivity contribution in [2.24, 2.45) is 0 Å². The van der Waals surface area contributed by atoms with Gasteiger partial charge in [-0.3, -0.25) is 14.4 Å². The summed E-state index contributed by atoms with van der Waals surface area (Å²) in [6.07, 6.45) is 0.588. The Hall–Kier alpha value is -2.87. The van der Waals surface area contributed by atoms with E-state index < -0.39 is 18.5 Å². The molecular weight excluding hydrogens is 440 g/mol. The Kier molecular flexibility index (Phi) is 8.67. The van der Waals surface area contributed by atoms with E-state index in [0.717, 1.165) is 16.5 Å². The molecule has 7 nitrogen and oxygen atoms in total. The molecule has 0 fully saturated rings. The highest BCUT2D eigenvalue weighted by Crippen LogP contribution is 2.21. The fourth-order valence-electron chi connectivity index (χ4n) is 2.49. The van der Waals surface area contributed by atoms with Crippen molar-refractivity contribution in [1.29, 1.82) is 0 Å². The topological polar surface area (TPSA) is 93.7 Å². The lowest BCUT2D eigenvalue weighted by atomic mass is 10.1. The van der Waals surface area contributed by atoms with Gasteiger partial charge in [-0.1, -0.05) is 22.9 Å². The summed E-state index contributed by atoms with van der Waals surface area (Å²) in [6, 6.07) is 12.4. The summed E-state index contributed by atoms with van der Waals surface area (Å²) in [5, 5.41) is 5.40. The standard InChI is InChI=1S/C21H23BrN2O5/c1-3-14-12-15(22)4-9-18(14)24-20(26)13-29-21(27)11-10-19(25)23-16-5-7-17(28-2)8-6-16/h4-9,12H,3,10-11,13H2,1-2H3,(H,23,25)(H,24,26). The molecule has 8 heteroatoms. The summed E-state index contributed by atoms with van der Waals surface area (Å²) < 4.78 is 10.9. The number of ether oxygens (including phenoxy) is 2. The summed E-state index contributed by atoms with van der Waals surface area (Å²) in [5.74, 6) is -0.687. The fourth-order valence-corrected chi connectivity index (χ4v) is 2.90. The molecule has 0 heterocycles. The number of benzene rings is 2. The monoisotopic (exact) mass is 462 g/mol. The van der Waals surface area contributed by atoms with E-state index >= 15 is 0 Å². The number of amides is 2. The van der Waals surface area contributed by atoms with Gasteiger partial charge in [0.05, 0.1) is 13.5 Å². The minimum Gasteiger partial charge on any atom is -0.497 e. The highest BCUT2D eigenvalue weighted by Gasteiger charge is 2.12. The normalized spacial score (nSPS) is 10.2. The van der Waals surface area contributed by atoms with E-state index in [1.807, 2.05) is 19.1 Å². The predicted molar refractivity (Wildman–Crippen MR) is 114 cm³/mol. The van der Waals surface area contributed by atoms with Crippen molar-refractivity contribution in [1.82, 2.24) is 0 Å². The molecule has 2 aromatic carbocycles. The maximum atomic E-state index is 12.0. The van der Waals surface area contributed by atoms with Crippen molar-refractivity contribution in [3.8, 4) is 5.75 Å². The van der Waals surface area contributed by atoms with E-state index in [2.05, 4.69) is 26.6 Å². The van der Waals surface area contributed by atoms with Crippen LogP contribution in [0.25, 0.3) is 0 Å². The smallest absolute Gasteiger partial charge is 0.306 e. The highest BCUT2D eigenvalue weighted by atomic mass is 79.9. The van der Waals surface area contributed by atoms with E-state index in [1.54, 1.807) is 37.4 Å².